The van der Waals surface area contributed by atoms with Gasteiger partial charge in [-0.3, -0.25) is 4.79 Å². The number of amides is 1. The summed E-state index contributed by atoms with van der Waals surface area (Å²) in [5.41, 5.74) is 2.36. The molecule has 2 aromatic carbocycles. The molecule has 0 radical (unpaired) electrons. The standard InChI is InChI=1S/C19H16ClFN2O2/c1-12(24)23-15-5-3-14(4-6-15)22-11-16-7-9-19(25-16)13-2-8-18(21)17(20)10-13/h2-10,22H,11H2,1H3,(H,23,24). The molecule has 0 atom stereocenters. The lowest BCUT2D eigenvalue weighted by Gasteiger charge is -2.06. The predicted molar refractivity (Wildman–Crippen MR) is 97.2 cm³/mol. The molecule has 25 heavy (non-hydrogen) atoms. The minimum absolute atomic E-state index is 0.0628. The number of carbonyl (C=O) groups excluding carboxylic acids is 1. The van der Waals surface area contributed by atoms with Crippen molar-refractivity contribution in [2.75, 3.05) is 10.6 Å². The van der Waals surface area contributed by atoms with Crippen LogP contribution in [0, 0.1) is 5.82 Å². The average molecular weight is 359 g/mol. The Bertz CT molecular complexity index is 891. The molecule has 4 nitrogen and oxygen atoms in total. The molecule has 6 heteroatoms. The summed E-state index contributed by atoms with van der Waals surface area (Å²) in [5.74, 6) is 0.799. The first-order valence-corrected chi connectivity index (χ1v) is 8.05. The number of hydrogen-bond acceptors (Lipinski definition) is 3. The van der Waals surface area contributed by atoms with Crippen molar-refractivity contribution in [3.63, 3.8) is 0 Å². The van der Waals surface area contributed by atoms with Gasteiger partial charge in [0.15, 0.2) is 0 Å². The molecule has 0 saturated heterocycles. The molecule has 0 aliphatic carbocycles. The predicted octanol–water partition coefficient (Wildman–Crippen LogP) is 5.31. The largest absolute Gasteiger partial charge is 0.459 e. The first kappa shape index (κ1) is 17.0. The van der Waals surface area contributed by atoms with E-state index in [2.05, 4.69) is 10.6 Å². The van der Waals surface area contributed by atoms with Crippen LogP contribution in [0.4, 0.5) is 15.8 Å². The summed E-state index contributed by atoms with van der Waals surface area (Å²) in [5, 5.41) is 6.01. The van der Waals surface area contributed by atoms with E-state index in [1.807, 2.05) is 36.4 Å². The molecule has 1 amide bonds. The van der Waals surface area contributed by atoms with E-state index in [0.717, 1.165) is 22.7 Å². The molecule has 0 saturated carbocycles. The van der Waals surface area contributed by atoms with E-state index in [-0.39, 0.29) is 10.9 Å². The molecule has 0 fully saturated rings. The van der Waals surface area contributed by atoms with Gasteiger partial charge in [-0.15, -0.1) is 0 Å². The lowest BCUT2D eigenvalue weighted by molar-refractivity contribution is -0.114. The monoisotopic (exact) mass is 358 g/mol. The highest BCUT2D eigenvalue weighted by molar-refractivity contribution is 6.31. The van der Waals surface area contributed by atoms with Crippen molar-refractivity contribution < 1.29 is 13.6 Å². The summed E-state index contributed by atoms with van der Waals surface area (Å²) in [6.07, 6.45) is 0. The second-order valence-corrected chi connectivity index (χ2v) is 5.91. The highest BCUT2D eigenvalue weighted by atomic mass is 35.5. The maximum Gasteiger partial charge on any atom is 0.221 e. The Labute approximate surface area is 149 Å². The van der Waals surface area contributed by atoms with Crippen molar-refractivity contribution in [3.8, 4) is 11.3 Å². The van der Waals surface area contributed by atoms with Crippen LogP contribution in [-0.2, 0) is 11.3 Å². The first-order valence-electron chi connectivity index (χ1n) is 7.67. The number of carbonyl (C=O) groups is 1. The molecule has 2 N–H and O–H groups in total. The maximum absolute atomic E-state index is 13.2. The summed E-state index contributed by atoms with van der Waals surface area (Å²) >= 11 is 5.80. The van der Waals surface area contributed by atoms with E-state index in [4.69, 9.17) is 16.0 Å². The van der Waals surface area contributed by atoms with Crippen LogP contribution in [0.15, 0.2) is 59.0 Å². The van der Waals surface area contributed by atoms with Crippen LogP contribution in [-0.4, -0.2) is 5.91 Å². The van der Waals surface area contributed by atoms with Crippen molar-refractivity contribution in [1.82, 2.24) is 0 Å². The number of anilines is 2. The highest BCUT2D eigenvalue weighted by Crippen LogP contribution is 2.27. The maximum atomic E-state index is 13.2. The Hall–Kier alpha value is -2.79. The Kier molecular flexibility index (Phi) is 5.05. The summed E-state index contributed by atoms with van der Waals surface area (Å²) in [6, 6.07) is 15.5. The fourth-order valence-corrected chi connectivity index (χ4v) is 2.52. The van der Waals surface area contributed by atoms with E-state index >= 15 is 0 Å². The van der Waals surface area contributed by atoms with Gasteiger partial charge in [0.2, 0.25) is 5.91 Å². The molecule has 128 valence electrons. The lowest BCUT2D eigenvalue weighted by Crippen LogP contribution is -2.05. The van der Waals surface area contributed by atoms with E-state index in [1.54, 1.807) is 6.07 Å². The second kappa shape index (κ2) is 7.40. The minimum Gasteiger partial charge on any atom is -0.459 e. The van der Waals surface area contributed by atoms with Crippen LogP contribution in [0.1, 0.15) is 12.7 Å². The molecule has 3 aromatic rings. The summed E-state index contributed by atoms with van der Waals surface area (Å²) in [4.78, 5) is 11.0. The van der Waals surface area contributed by atoms with Crippen molar-refractivity contribution in [1.29, 1.82) is 0 Å². The van der Waals surface area contributed by atoms with Gasteiger partial charge < -0.3 is 15.1 Å². The van der Waals surface area contributed by atoms with Crippen LogP contribution in [0.5, 0.6) is 0 Å². The van der Waals surface area contributed by atoms with Crippen molar-refractivity contribution >= 4 is 28.9 Å². The third kappa shape index (κ3) is 4.39. The van der Waals surface area contributed by atoms with Crippen LogP contribution in [0.3, 0.4) is 0 Å². The molecule has 0 aliphatic heterocycles. The van der Waals surface area contributed by atoms with Gasteiger partial charge in [-0.1, -0.05) is 11.6 Å². The summed E-state index contributed by atoms with van der Waals surface area (Å²) in [6.45, 7) is 1.96. The molecule has 0 aliphatic rings. The van der Waals surface area contributed by atoms with E-state index < -0.39 is 5.82 Å². The molecule has 1 aromatic heterocycles. The van der Waals surface area contributed by atoms with Gasteiger partial charge in [-0.2, -0.15) is 0 Å². The number of halogens is 2. The van der Waals surface area contributed by atoms with Crippen LogP contribution in [0.25, 0.3) is 11.3 Å². The molecule has 0 spiro atoms. The quantitative estimate of drug-likeness (QED) is 0.649. The summed E-state index contributed by atoms with van der Waals surface area (Å²) < 4.78 is 19.0. The Balaban J connectivity index is 1.63. The zero-order valence-electron chi connectivity index (χ0n) is 13.5. The third-order valence-corrected chi connectivity index (χ3v) is 3.83. The Morgan fingerprint density at radius 1 is 1.08 bits per heavy atom. The fourth-order valence-electron chi connectivity index (χ4n) is 2.34. The fraction of sp³-hybridized carbons (Fsp3) is 0.105. The summed E-state index contributed by atoms with van der Waals surface area (Å²) in [7, 11) is 0. The van der Waals surface area contributed by atoms with Gasteiger partial charge >= 0.3 is 0 Å². The van der Waals surface area contributed by atoms with Crippen molar-refractivity contribution in [2.24, 2.45) is 0 Å². The Morgan fingerprint density at radius 3 is 2.48 bits per heavy atom. The zero-order chi connectivity index (χ0) is 17.8. The molecular formula is C19H16ClFN2O2. The smallest absolute Gasteiger partial charge is 0.221 e. The van der Waals surface area contributed by atoms with Gasteiger partial charge in [0.05, 0.1) is 11.6 Å². The van der Waals surface area contributed by atoms with E-state index in [9.17, 15) is 9.18 Å². The third-order valence-electron chi connectivity index (χ3n) is 3.54. The number of rotatable bonds is 5. The van der Waals surface area contributed by atoms with Crippen molar-refractivity contribution in [2.45, 2.75) is 13.5 Å². The Morgan fingerprint density at radius 2 is 1.80 bits per heavy atom. The number of hydrogen-bond donors (Lipinski definition) is 2. The van der Waals surface area contributed by atoms with Gasteiger partial charge in [0, 0.05) is 23.9 Å². The van der Waals surface area contributed by atoms with Crippen molar-refractivity contribution in [3.05, 3.63) is 71.2 Å². The second-order valence-electron chi connectivity index (χ2n) is 5.51. The van der Waals surface area contributed by atoms with Gasteiger partial charge in [-0.25, -0.2) is 4.39 Å². The SMILES string of the molecule is CC(=O)Nc1ccc(NCc2ccc(-c3ccc(F)c(Cl)c3)o2)cc1. The average Bonchev–Trinajstić information content (AvgIpc) is 3.05. The lowest BCUT2D eigenvalue weighted by atomic mass is 10.2. The van der Waals surface area contributed by atoms with Gasteiger partial charge in [0.25, 0.3) is 0 Å². The highest BCUT2D eigenvalue weighted by Gasteiger charge is 2.08. The van der Waals surface area contributed by atoms with Crippen LogP contribution < -0.4 is 10.6 Å². The van der Waals surface area contributed by atoms with Crippen LogP contribution >= 0.6 is 11.6 Å². The van der Waals surface area contributed by atoms with Crippen LogP contribution in [0.2, 0.25) is 5.02 Å². The molecule has 0 bridgehead atoms. The van der Waals surface area contributed by atoms with E-state index in [1.165, 1.54) is 19.1 Å². The minimum atomic E-state index is -0.457. The number of furan rings is 1. The van der Waals surface area contributed by atoms with Gasteiger partial charge in [0.1, 0.15) is 17.3 Å². The molecular weight excluding hydrogens is 343 g/mol. The molecule has 1 heterocycles. The first-order chi connectivity index (χ1) is 12.0. The van der Waals surface area contributed by atoms with Gasteiger partial charge in [-0.05, 0) is 54.6 Å². The molecule has 3 rings (SSSR count). The normalized spacial score (nSPS) is 10.5. The van der Waals surface area contributed by atoms with E-state index in [0.29, 0.717) is 12.3 Å². The number of nitrogens with one attached hydrogen (secondary N) is 2. The topological polar surface area (TPSA) is 54.3 Å². The zero-order valence-corrected chi connectivity index (χ0v) is 14.2. The number of benzene rings is 2. The molecule has 0 unspecified atom stereocenters.